The van der Waals surface area contributed by atoms with E-state index in [2.05, 4.69) is 10.1 Å². The summed E-state index contributed by atoms with van der Waals surface area (Å²) < 4.78 is 31.7. The number of hydrogen-bond acceptors (Lipinski definition) is 5. The van der Waals surface area contributed by atoms with Gasteiger partial charge in [0.2, 0.25) is 0 Å². The molecule has 0 aliphatic heterocycles. The molecule has 1 saturated carbocycles. The minimum Gasteiger partial charge on any atom is -0.279 e. The summed E-state index contributed by atoms with van der Waals surface area (Å²) in [5, 5.41) is 6.28. The number of nitrogens with zero attached hydrogens (tertiary/aromatic N) is 5. The van der Waals surface area contributed by atoms with Gasteiger partial charge in [-0.1, -0.05) is 11.6 Å². The molecule has 0 unspecified atom stereocenters. The van der Waals surface area contributed by atoms with E-state index >= 15 is 0 Å². The van der Waals surface area contributed by atoms with Crippen LogP contribution in [0.5, 0.6) is 0 Å². The summed E-state index contributed by atoms with van der Waals surface area (Å²) in [7, 11) is -1.91. The largest absolute Gasteiger partial charge is 0.279 e. The number of sulfonamides is 1. The van der Waals surface area contributed by atoms with Crippen molar-refractivity contribution in [3.8, 4) is 0 Å². The molecule has 10 heteroatoms. The summed E-state index contributed by atoms with van der Waals surface area (Å²) in [6.07, 6.45) is 3.42. The van der Waals surface area contributed by atoms with Gasteiger partial charge in [-0.15, -0.1) is 11.3 Å². The van der Waals surface area contributed by atoms with Crippen molar-refractivity contribution in [3.05, 3.63) is 33.7 Å². The monoisotopic (exact) mass is 399 g/mol. The van der Waals surface area contributed by atoms with Gasteiger partial charge in [-0.05, 0) is 26.7 Å². The second-order valence-electron chi connectivity index (χ2n) is 6.32. The maximum Gasteiger partial charge on any atom is 0.262 e. The van der Waals surface area contributed by atoms with Gasteiger partial charge >= 0.3 is 0 Å². The molecule has 1 fully saturated rings. The second-order valence-corrected chi connectivity index (χ2v) is 9.35. The SMILES string of the molecule is Cc1nn(C)c(C)c1CN(C1CC1)S(=O)(=O)c1c(Cl)nc2sccn12. The molecule has 3 aromatic rings. The minimum atomic E-state index is -3.77. The normalized spacial score (nSPS) is 15.6. The van der Waals surface area contributed by atoms with Crippen molar-refractivity contribution in [2.75, 3.05) is 0 Å². The number of imidazole rings is 1. The fourth-order valence-electron chi connectivity index (χ4n) is 3.06. The summed E-state index contributed by atoms with van der Waals surface area (Å²) in [4.78, 5) is 4.75. The summed E-state index contributed by atoms with van der Waals surface area (Å²) in [6, 6.07) is 0.00394. The molecule has 1 aliphatic rings. The summed E-state index contributed by atoms with van der Waals surface area (Å²) in [6.45, 7) is 4.16. The molecule has 0 N–H and O–H groups in total. The Labute approximate surface area is 154 Å². The second kappa shape index (κ2) is 5.80. The molecule has 25 heavy (non-hydrogen) atoms. The number of halogens is 1. The molecule has 0 aromatic carbocycles. The number of thiazole rings is 1. The fraction of sp³-hybridized carbons (Fsp3) is 0.467. The number of fused-ring (bicyclic) bond motifs is 1. The molecule has 0 saturated heterocycles. The highest BCUT2D eigenvalue weighted by atomic mass is 35.5. The average Bonchev–Trinajstić information content (AvgIpc) is 3.10. The highest BCUT2D eigenvalue weighted by molar-refractivity contribution is 7.89. The van der Waals surface area contributed by atoms with Crippen LogP contribution in [0.25, 0.3) is 4.96 Å². The van der Waals surface area contributed by atoms with Crippen molar-refractivity contribution in [2.24, 2.45) is 7.05 Å². The van der Waals surface area contributed by atoms with Gasteiger partial charge in [0, 0.05) is 42.5 Å². The van der Waals surface area contributed by atoms with Gasteiger partial charge in [0.15, 0.2) is 15.1 Å². The maximum absolute atomic E-state index is 13.4. The number of aromatic nitrogens is 4. The Kier molecular flexibility index (Phi) is 3.95. The first kappa shape index (κ1) is 17.0. The Bertz CT molecular complexity index is 1060. The zero-order chi connectivity index (χ0) is 17.9. The molecule has 7 nitrogen and oxygen atoms in total. The quantitative estimate of drug-likeness (QED) is 0.661. The van der Waals surface area contributed by atoms with Crippen molar-refractivity contribution in [2.45, 2.75) is 44.3 Å². The maximum atomic E-state index is 13.4. The topological polar surface area (TPSA) is 72.5 Å². The molecular formula is C15H18ClN5O2S2. The standard InChI is InChI=1S/C15H18ClN5O2S2/c1-9-12(10(2)19(3)18-9)8-21(11-4-5-11)25(22,23)14-13(16)17-15-20(14)6-7-24-15/h6-7,11H,4-5,8H2,1-3H3. The lowest BCUT2D eigenvalue weighted by molar-refractivity contribution is 0.395. The molecular weight excluding hydrogens is 382 g/mol. The molecule has 0 atom stereocenters. The van der Waals surface area contributed by atoms with Crippen LogP contribution in [0.3, 0.4) is 0 Å². The third-order valence-electron chi connectivity index (χ3n) is 4.66. The highest BCUT2D eigenvalue weighted by Crippen LogP contribution is 2.37. The zero-order valence-corrected chi connectivity index (χ0v) is 16.5. The van der Waals surface area contributed by atoms with Crippen molar-refractivity contribution in [1.82, 2.24) is 23.5 Å². The summed E-state index contributed by atoms with van der Waals surface area (Å²) in [5.41, 5.74) is 2.76. The lowest BCUT2D eigenvalue weighted by Gasteiger charge is -2.22. The third kappa shape index (κ3) is 2.69. The Morgan fingerprint density at radius 3 is 2.72 bits per heavy atom. The molecule has 0 amide bonds. The van der Waals surface area contributed by atoms with Crippen molar-refractivity contribution in [1.29, 1.82) is 0 Å². The molecule has 0 bridgehead atoms. The summed E-state index contributed by atoms with van der Waals surface area (Å²) >= 11 is 7.54. The Hall–Kier alpha value is -1.42. The van der Waals surface area contributed by atoms with Crippen molar-refractivity contribution >= 4 is 37.9 Å². The molecule has 1 aliphatic carbocycles. The van der Waals surface area contributed by atoms with Crippen LogP contribution in [0.2, 0.25) is 5.15 Å². The van der Waals surface area contributed by atoms with E-state index in [1.165, 1.54) is 11.3 Å². The Morgan fingerprint density at radius 1 is 1.40 bits per heavy atom. The third-order valence-corrected chi connectivity index (χ3v) is 7.71. The smallest absolute Gasteiger partial charge is 0.262 e. The number of aryl methyl sites for hydroxylation is 2. The van der Waals surface area contributed by atoms with E-state index < -0.39 is 10.0 Å². The van der Waals surface area contributed by atoms with E-state index in [4.69, 9.17) is 11.6 Å². The van der Waals surface area contributed by atoms with E-state index in [1.807, 2.05) is 20.9 Å². The van der Waals surface area contributed by atoms with Gasteiger partial charge in [0.05, 0.1) is 5.69 Å². The van der Waals surface area contributed by atoms with Crippen LogP contribution in [0, 0.1) is 13.8 Å². The predicted octanol–water partition coefficient (Wildman–Crippen LogP) is 2.75. The van der Waals surface area contributed by atoms with E-state index in [1.54, 1.807) is 25.0 Å². The van der Waals surface area contributed by atoms with Gasteiger partial charge in [-0.25, -0.2) is 13.4 Å². The molecule has 3 heterocycles. The van der Waals surface area contributed by atoms with Crippen LogP contribution in [-0.2, 0) is 23.6 Å². The van der Waals surface area contributed by atoms with Gasteiger partial charge in [-0.2, -0.15) is 9.40 Å². The minimum absolute atomic E-state index is 0.00394. The van der Waals surface area contributed by atoms with E-state index in [0.717, 1.165) is 29.8 Å². The van der Waals surface area contributed by atoms with Crippen LogP contribution in [-0.4, -0.2) is 37.9 Å². The Morgan fingerprint density at radius 2 is 2.12 bits per heavy atom. The van der Waals surface area contributed by atoms with Crippen LogP contribution >= 0.6 is 22.9 Å². The fourth-order valence-corrected chi connectivity index (χ4v) is 6.12. The highest BCUT2D eigenvalue weighted by Gasteiger charge is 2.41. The first-order valence-electron chi connectivity index (χ1n) is 7.92. The Balaban J connectivity index is 1.80. The number of hydrogen-bond donors (Lipinski definition) is 0. The van der Waals surface area contributed by atoms with E-state index in [0.29, 0.717) is 11.5 Å². The lowest BCUT2D eigenvalue weighted by Crippen LogP contribution is -2.34. The molecule has 3 aromatic heterocycles. The van der Waals surface area contributed by atoms with Gasteiger partial charge in [0.1, 0.15) is 0 Å². The number of rotatable bonds is 5. The van der Waals surface area contributed by atoms with Crippen molar-refractivity contribution < 1.29 is 8.42 Å². The van der Waals surface area contributed by atoms with E-state index in [9.17, 15) is 8.42 Å². The summed E-state index contributed by atoms with van der Waals surface area (Å²) in [5.74, 6) is 0. The molecule has 0 radical (unpaired) electrons. The van der Waals surface area contributed by atoms with Gasteiger partial charge in [-0.3, -0.25) is 9.08 Å². The van der Waals surface area contributed by atoms with Crippen LogP contribution in [0.15, 0.2) is 16.6 Å². The van der Waals surface area contributed by atoms with E-state index in [-0.39, 0.29) is 16.2 Å². The molecule has 0 spiro atoms. The first-order chi connectivity index (χ1) is 11.8. The van der Waals surface area contributed by atoms with Gasteiger partial charge < -0.3 is 0 Å². The lowest BCUT2D eigenvalue weighted by atomic mass is 10.2. The zero-order valence-electron chi connectivity index (χ0n) is 14.1. The molecule has 134 valence electrons. The van der Waals surface area contributed by atoms with Crippen LogP contribution < -0.4 is 0 Å². The van der Waals surface area contributed by atoms with Crippen LogP contribution in [0.4, 0.5) is 0 Å². The van der Waals surface area contributed by atoms with Crippen LogP contribution in [0.1, 0.15) is 29.8 Å². The predicted molar refractivity (Wildman–Crippen MR) is 96.5 cm³/mol. The molecule has 4 rings (SSSR count). The first-order valence-corrected chi connectivity index (χ1v) is 10.6. The average molecular weight is 400 g/mol. The van der Waals surface area contributed by atoms with Crippen molar-refractivity contribution in [3.63, 3.8) is 0 Å². The van der Waals surface area contributed by atoms with Gasteiger partial charge in [0.25, 0.3) is 10.0 Å².